The van der Waals surface area contributed by atoms with Gasteiger partial charge in [-0.2, -0.15) is 0 Å². The van der Waals surface area contributed by atoms with Gasteiger partial charge in [0.25, 0.3) is 0 Å². The van der Waals surface area contributed by atoms with Crippen LogP contribution in [0.3, 0.4) is 0 Å². The van der Waals surface area contributed by atoms with Gasteiger partial charge in [-0.1, -0.05) is 13.8 Å². The van der Waals surface area contributed by atoms with Crippen molar-refractivity contribution in [3.8, 4) is 0 Å². The molecule has 0 aromatic heterocycles. The van der Waals surface area contributed by atoms with Crippen LogP contribution < -0.4 is 0 Å². The van der Waals surface area contributed by atoms with Crippen LogP contribution in [-0.2, 0) is 9.59 Å². The molecule has 0 aromatic carbocycles. The molecule has 1 saturated carbocycles. The highest BCUT2D eigenvalue weighted by Crippen LogP contribution is 2.47. The zero-order chi connectivity index (χ0) is 11.5. The second-order valence-electron chi connectivity index (χ2n) is 4.18. The van der Waals surface area contributed by atoms with Crippen LogP contribution >= 0.6 is 0 Å². The molecule has 1 rings (SSSR count). The Morgan fingerprint density at radius 3 is 1.93 bits per heavy atom. The highest BCUT2D eigenvalue weighted by molar-refractivity contribution is 6.04. The van der Waals surface area contributed by atoms with Gasteiger partial charge in [-0.3, -0.25) is 9.59 Å². The van der Waals surface area contributed by atoms with Gasteiger partial charge < -0.3 is 10.0 Å². The smallest absolute Gasteiger partial charge is 0.319 e. The van der Waals surface area contributed by atoms with Crippen LogP contribution in [0.2, 0.25) is 0 Å². The molecule has 0 saturated heterocycles. The van der Waals surface area contributed by atoms with E-state index in [1.165, 1.54) is 0 Å². The van der Waals surface area contributed by atoms with E-state index in [9.17, 15) is 9.59 Å². The second-order valence-corrected chi connectivity index (χ2v) is 4.18. The molecule has 1 aliphatic rings. The van der Waals surface area contributed by atoms with Crippen molar-refractivity contribution in [1.29, 1.82) is 0 Å². The maximum atomic E-state index is 12.0. The molecular formula is C11H19NO3. The minimum Gasteiger partial charge on any atom is -0.480 e. The highest BCUT2D eigenvalue weighted by Gasteiger charge is 2.58. The number of rotatable bonds is 6. The first-order chi connectivity index (χ1) is 7.08. The molecule has 0 aliphatic heterocycles. The summed E-state index contributed by atoms with van der Waals surface area (Å²) in [5.74, 6) is -1.14. The molecule has 15 heavy (non-hydrogen) atoms. The molecule has 1 aliphatic carbocycles. The number of carboxylic acid groups (broad SMARTS) is 1. The topological polar surface area (TPSA) is 57.6 Å². The molecule has 1 amide bonds. The van der Waals surface area contributed by atoms with Crippen LogP contribution in [0.25, 0.3) is 0 Å². The lowest BCUT2D eigenvalue weighted by molar-refractivity contribution is -0.153. The van der Waals surface area contributed by atoms with Gasteiger partial charge in [-0.05, 0) is 25.7 Å². The Hall–Kier alpha value is -1.06. The molecule has 0 heterocycles. The number of carbonyl (C=O) groups excluding carboxylic acids is 1. The van der Waals surface area contributed by atoms with Crippen LogP contribution in [0.15, 0.2) is 0 Å². The van der Waals surface area contributed by atoms with Crippen molar-refractivity contribution >= 4 is 11.9 Å². The molecule has 1 N–H and O–H groups in total. The van der Waals surface area contributed by atoms with Crippen LogP contribution in [-0.4, -0.2) is 35.0 Å². The van der Waals surface area contributed by atoms with Crippen LogP contribution in [0, 0.1) is 5.41 Å². The van der Waals surface area contributed by atoms with E-state index in [1.54, 1.807) is 4.90 Å². The quantitative estimate of drug-likeness (QED) is 0.680. The second kappa shape index (κ2) is 4.64. The maximum absolute atomic E-state index is 12.0. The first kappa shape index (κ1) is 12.0. The van der Waals surface area contributed by atoms with Crippen molar-refractivity contribution in [2.24, 2.45) is 5.41 Å². The van der Waals surface area contributed by atoms with Crippen molar-refractivity contribution in [1.82, 2.24) is 4.90 Å². The van der Waals surface area contributed by atoms with Gasteiger partial charge in [-0.15, -0.1) is 0 Å². The zero-order valence-electron chi connectivity index (χ0n) is 9.45. The standard InChI is InChI=1S/C11H19NO3/c1-3-7-12(8-4-2)9(13)11(5-6-11)10(14)15/h3-8H2,1-2H3,(H,14,15). The van der Waals surface area contributed by atoms with Crippen molar-refractivity contribution in [3.05, 3.63) is 0 Å². The third-order valence-corrected chi connectivity index (χ3v) is 2.84. The summed E-state index contributed by atoms with van der Waals surface area (Å²) in [5.41, 5.74) is -1.07. The van der Waals surface area contributed by atoms with Gasteiger partial charge in [0, 0.05) is 13.1 Å². The van der Waals surface area contributed by atoms with Crippen molar-refractivity contribution in [3.63, 3.8) is 0 Å². The van der Waals surface area contributed by atoms with Gasteiger partial charge in [-0.25, -0.2) is 0 Å². The van der Waals surface area contributed by atoms with Crippen LogP contribution in [0.1, 0.15) is 39.5 Å². The van der Waals surface area contributed by atoms with E-state index >= 15 is 0 Å². The monoisotopic (exact) mass is 213 g/mol. The number of aliphatic carboxylic acids is 1. The number of carbonyl (C=O) groups is 2. The fourth-order valence-electron chi connectivity index (χ4n) is 1.80. The number of carboxylic acids is 1. The average molecular weight is 213 g/mol. The Morgan fingerprint density at radius 2 is 1.67 bits per heavy atom. The lowest BCUT2D eigenvalue weighted by Crippen LogP contribution is -2.41. The predicted octanol–water partition coefficient (Wildman–Crippen LogP) is 1.50. The first-order valence-electron chi connectivity index (χ1n) is 5.61. The number of nitrogens with zero attached hydrogens (tertiary/aromatic N) is 1. The third-order valence-electron chi connectivity index (χ3n) is 2.84. The predicted molar refractivity (Wildman–Crippen MR) is 56.5 cm³/mol. The Morgan fingerprint density at radius 1 is 1.20 bits per heavy atom. The molecule has 86 valence electrons. The summed E-state index contributed by atoms with van der Waals surface area (Å²) in [6, 6.07) is 0. The van der Waals surface area contributed by atoms with Crippen molar-refractivity contribution in [2.45, 2.75) is 39.5 Å². The molecule has 0 unspecified atom stereocenters. The SMILES string of the molecule is CCCN(CCC)C(=O)C1(C(=O)O)CC1. The van der Waals surface area contributed by atoms with E-state index in [0.717, 1.165) is 12.8 Å². The minimum atomic E-state index is -1.07. The minimum absolute atomic E-state index is 0.182. The normalized spacial score (nSPS) is 17.2. The number of amides is 1. The molecular weight excluding hydrogens is 194 g/mol. The molecule has 4 nitrogen and oxygen atoms in total. The first-order valence-corrected chi connectivity index (χ1v) is 5.61. The van der Waals surface area contributed by atoms with E-state index in [0.29, 0.717) is 25.9 Å². The van der Waals surface area contributed by atoms with E-state index in [2.05, 4.69) is 0 Å². The molecule has 4 heteroatoms. The highest BCUT2D eigenvalue weighted by atomic mass is 16.4. The van der Waals surface area contributed by atoms with Crippen molar-refractivity contribution in [2.75, 3.05) is 13.1 Å². The summed E-state index contributed by atoms with van der Waals surface area (Å²) >= 11 is 0. The summed E-state index contributed by atoms with van der Waals surface area (Å²) in [5, 5.41) is 9.01. The van der Waals surface area contributed by atoms with Crippen LogP contribution in [0.5, 0.6) is 0 Å². The molecule has 0 atom stereocenters. The summed E-state index contributed by atoms with van der Waals surface area (Å²) in [7, 11) is 0. The van der Waals surface area contributed by atoms with Gasteiger partial charge in [0.2, 0.25) is 5.91 Å². The van der Waals surface area contributed by atoms with Crippen molar-refractivity contribution < 1.29 is 14.7 Å². The summed E-state index contributed by atoms with van der Waals surface area (Å²) in [6.45, 7) is 5.33. The fraction of sp³-hybridized carbons (Fsp3) is 0.818. The Kier molecular flexibility index (Phi) is 3.72. The summed E-state index contributed by atoms with van der Waals surface area (Å²) in [4.78, 5) is 24.7. The van der Waals surface area contributed by atoms with Gasteiger partial charge >= 0.3 is 5.97 Å². The van der Waals surface area contributed by atoms with E-state index in [-0.39, 0.29) is 5.91 Å². The number of hydrogen-bond donors (Lipinski definition) is 1. The molecule has 0 aromatic rings. The van der Waals surface area contributed by atoms with E-state index in [4.69, 9.17) is 5.11 Å². The Bertz CT molecular complexity index is 253. The third kappa shape index (κ3) is 2.30. The molecule has 1 fully saturated rings. The van der Waals surface area contributed by atoms with Gasteiger partial charge in [0.1, 0.15) is 5.41 Å². The lowest BCUT2D eigenvalue weighted by atomic mass is 10.1. The average Bonchev–Trinajstić information content (AvgIpc) is 2.97. The Labute approximate surface area is 90.3 Å². The summed E-state index contributed by atoms with van der Waals surface area (Å²) < 4.78 is 0. The molecule has 0 bridgehead atoms. The lowest BCUT2D eigenvalue weighted by Gasteiger charge is -2.24. The number of hydrogen-bond acceptors (Lipinski definition) is 2. The van der Waals surface area contributed by atoms with Gasteiger partial charge in [0.15, 0.2) is 0 Å². The van der Waals surface area contributed by atoms with E-state index < -0.39 is 11.4 Å². The molecule has 0 radical (unpaired) electrons. The van der Waals surface area contributed by atoms with Crippen LogP contribution in [0.4, 0.5) is 0 Å². The molecule has 0 spiro atoms. The largest absolute Gasteiger partial charge is 0.480 e. The zero-order valence-corrected chi connectivity index (χ0v) is 9.45. The maximum Gasteiger partial charge on any atom is 0.319 e. The van der Waals surface area contributed by atoms with E-state index in [1.807, 2.05) is 13.8 Å². The Balaban J connectivity index is 2.67. The van der Waals surface area contributed by atoms with Gasteiger partial charge in [0.05, 0.1) is 0 Å². The fourth-order valence-corrected chi connectivity index (χ4v) is 1.80. The summed E-state index contributed by atoms with van der Waals surface area (Å²) in [6.07, 6.45) is 2.76.